The summed E-state index contributed by atoms with van der Waals surface area (Å²) in [6.07, 6.45) is 4.74. The van der Waals surface area contributed by atoms with E-state index in [1.165, 1.54) is 12.1 Å². The molecule has 1 saturated heterocycles. The second-order valence-corrected chi connectivity index (χ2v) is 8.33. The maximum absolute atomic E-state index is 11.4. The van der Waals surface area contributed by atoms with Gasteiger partial charge in [0.15, 0.2) is 0 Å². The molecule has 0 bridgehead atoms. The third kappa shape index (κ3) is 5.54. The van der Waals surface area contributed by atoms with Crippen LogP contribution in [-0.4, -0.2) is 39.0 Å². The fourth-order valence-electron chi connectivity index (χ4n) is 3.90. The Morgan fingerprint density at radius 2 is 2.13 bits per heavy atom. The van der Waals surface area contributed by atoms with Crippen molar-refractivity contribution in [2.24, 2.45) is 0 Å². The normalized spacial score (nSPS) is 17.0. The van der Waals surface area contributed by atoms with E-state index < -0.39 is 17.0 Å². The van der Waals surface area contributed by atoms with Gasteiger partial charge in [0, 0.05) is 12.6 Å². The predicted molar refractivity (Wildman–Crippen MR) is 116 cm³/mol. The zero-order valence-corrected chi connectivity index (χ0v) is 17.8. The summed E-state index contributed by atoms with van der Waals surface area (Å²) < 4.78 is 28.5. The number of piperidine rings is 1. The molecule has 8 nitrogen and oxygen atoms in total. The largest absolute Gasteiger partial charge is 0.768 e. The molecule has 0 aromatic heterocycles. The fraction of sp³-hybridized carbons (Fsp3) is 0.364. The molecule has 1 heterocycles. The van der Waals surface area contributed by atoms with E-state index in [-0.39, 0.29) is 22.3 Å². The van der Waals surface area contributed by atoms with E-state index >= 15 is 0 Å². The van der Waals surface area contributed by atoms with Crippen LogP contribution in [0.3, 0.4) is 0 Å². The molecule has 0 amide bonds. The summed E-state index contributed by atoms with van der Waals surface area (Å²) >= 11 is -2.60. The molecular formula is C22H24N3O5S-. The lowest BCUT2D eigenvalue weighted by molar-refractivity contribution is 0.0696. The van der Waals surface area contributed by atoms with Gasteiger partial charge in [-0.3, -0.25) is 4.21 Å². The second kappa shape index (κ2) is 10.3. The minimum atomic E-state index is -2.60. The van der Waals surface area contributed by atoms with Crippen LogP contribution in [0.5, 0.6) is 5.75 Å². The van der Waals surface area contributed by atoms with Crippen molar-refractivity contribution in [1.82, 2.24) is 0 Å². The van der Waals surface area contributed by atoms with Gasteiger partial charge in [-0.25, -0.2) is 4.79 Å². The highest BCUT2D eigenvalue weighted by molar-refractivity contribution is 7.79. The summed E-state index contributed by atoms with van der Waals surface area (Å²) in [5.74, 6) is -1.05. The van der Waals surface area contributed by atoms with Crippen LogP contribution >= 0.6 is 0 Å². The number of nitriles is 1. The topological polar surface area (TPSA) is 140 Å². The molecule has 0 saturated carbocycles. The smallest absolute Gasteiger partial charge is 0.335 e. The molecule has 2 atom stereocenters. The van der Waals surface area contributed by atoms with Crippen LogP contribution < -0.4 is 15.4 Å². The first-order chi connectivity index (χ1) is 14.9. The lowest BCUT2D eigenvalue weighted by atomic mass is 9.96. The molecule has 3 rings (SSSR count). The number of nitrogen functional groups attached to an aromatic ring is 1. The van der Waals surface area contributed by atoms with Gasteiger partial charge < -0.3 is 25.0 Å². The van der Waals surface area contributed by atoms with Gasteiger partial charge in [0.1, 0.15) is 5.75 Å². The molecular weight excluding hydrogens is 418 g/mol. The van der Waals surface area contributed by atoms with Crippen LogP contribution in [0.15, 0.2) is 41.3 Å². The molecule has 1 aliphatic rings. The highest BCUT2D eigenvalue weighted by Crippen LogP contribution is 2.32. The van der Waals surface area contributed by atoms with Crippen LogP contribution in [0.2, 0.25) is 0 Å². The summed E-state index contributed by atoms with van der Waals surface area (Å²) in [5.41, 5.74) is 8.12. The van der Waals surface area contributed by atoms with Crippen molar-refractivity contribution in [3.63, 3.8) is 0 Å². The predicted octanol–water partition coefficient (Wildman–Crippen LogP) is 3.29. The van der Waals surface area contributed by atoms with E-state index in [0.29, 0.717) is 24.3 Å². The Labute approximate surface area is 183 Å². The van der Waals surface area contributed by atoms with Gasteiger partial charge in [-0.2, -0.15) is 5.26 Å². The molecule has 0 radical (unpaired) electrons. The van der Waals surface area contributed by atoms with E-state index in [1.54, 1.807) is 12.1 Å². The van der Waals surface area contributed by atoms with Gasteiger partial charge in [0.25, 0.3) is 0 Å². The number of carbonyl (C=O) groups is 1. The van der Waals surface area contributed by atoms with Crippen LogP contribution in [0.25, 0.3) is 0 Å². The third-order valence-electron chi connectivity index (χ3n) is 5.40. The van der Waals surface area contributed by atoms with Crippen LogP contribution in [0, 0.1) is 11.3 Å². The first-order valence-electron chi connectivity index (χ1n) is 10.1. The molecule has 1 fully saturated rings. The molecule has 2 aromatic carbocycles. The zero-order valence-electron chi connectivity index (χ0n) is 17.0. The van der Waals surface area contributed by atoms with Crippen molar-refractivity contribution in [1.29, 1.82) is 5.26 Å². The lowest BCUT2D eigenvalue weighted by Gasteiger charge is -2.38. The molecule has 2 unspecified atom stereocenters. The quantitative estimate of drug-likeness (QED) is 0.360. The standard InChI is InChI=1S/C22H25N3O5S/c23-14-15-6-8-19(18(24)12-15)25-10-2-1-4-17(25)5-3-11-30-20-9-7-16(22(26)27)13-21(20)31(28)29/h6-9,12-13,17H,1-5,10-11,24H2,(H,26,27)(H,28,29)/p-1. The van der Waals surface area contributed by atoms with E-state index in [4.69, 9.17) is 20.8 Å². The van der Waals surface area contributed by atoms with Gasteiger partial charge in [-0.15, -0.1) is 0 Å². The molecule has 2 aromatic rings. The number of benzene rings is 2. The summed E-state index contributed by atoms with van der Waals surface area (Å²) in [4.78, 5) is 13.2. The number of ether oxygens (including phenoxy) is 1. The molecule has 3 N–H and O–H groups in total. The summed E-state index contributed by atoms with van der Waals surface area (Å²) in [7, 11) is 0. The monoisotopic (exact) mass is 442 g/mol. The van der Waals surface area contributed by atoms with E-state index in [1.807, 2.05) is 6.07 Å². The average molecular weight is 443 g/mol. The highest BCUT2D eigenvalue weighted by atomic mass is 32.2. The molecule has 0 aliphatic carbocycles. The number of rotatable bonds is 8. The van der Waals surface area contributed by atoms with Crippen molar-refractivity contribution in [2.45, 2.75) is 43.0 Å². The minimum Gasteiger partial charge on any atom is -0.768 e. The molecule has 31 heavy (non-hydrogen) atoms. The van der Waals surface area contributed by atoms with Crippen molar-refractivity contribution < 1.29 is 23.4 Å². The van der Waals surface area contributed by atoms with Crippen molar-refractivity contribution in [3.05, 3.63) is 47.5 Å². The summed E-state index contributed by atoms with van der Waals surface area (Å²) in [6, 6.07) is 11.5. The molecule has 1 aliphatic heterocycles. The number of hydrogen-bond donors (Lipinski definition) is 2. The number of hydrogen-bond acceptors (Lipinski definition) is 7. The summed E-state index contributed by atoms with van der Waals surface area (Å²) in [6.45, 7) is 1.20. The Morgan fingerprint density at radius 1 is 1.32 bits per heavy atom. The van der Waals surface area contributed by atoms with E-state index in [9.17, 15) is 13.6 Å². The zero-order chi connectivity index (χ0) is 22.4. The van der Waals surface area contributed by atoms with Crippen molar-refractivity contribution >= 4 is 28.4 Å². The summed E-state index contributed by atoms with van der Waals surface area (Å²) in [5, 5.41) is 18.1. The fourth-order valence-corrected chi connectivity index (χ4v) is 4.41. The highest BCUT2D eigenvalue weighted by Gasteiger charge is 2.24. The number of nitrogens with two attached hydrogens (primary N) is 1. The van der Waals surface area contributed by atoms with Gasteiger partial charge in [-0.05, 0) is 79.6 Å². The molecule has 0 spiro atoms. The number of anilines is 2. The Hall–Kier alpha value is -3.09. The van der Waals surface area contributed by atoms with Crippen LogP contribution in [0.4, 0.5) is 11.4 Å². The SMILES string of the molecule is N#Cc1ccc(N2CCCCC2CCCOc2ccc(C(=O)O)cc2S(=O)[O-])c(N)c1. The average Bonchev–Trinajstić information content (AvgIpc) is 2.76. The number of aromatic carboxylic acids is 1. The van der Waals surface area contributed by atoms with Gasteiger partial charge in [0.05, 0.1) is 40.1 Å². The Morgan fingerprint density at radius 3 is 2.81 bits per heavy atom. The van der Waals surface area contributed by atoms with E-state index in [2.05, 4.69) is 11.0 Å². The lowest BCUT2D eigenvalue weighted by Crippen LogP contribution is -2.40. The van der Waals surface area contributed by atoms with Crippen LogP contribution in [0.1, 0.15) is 48.0 Å². The minimum absolute atomic E-state index is 0.107. The molecule has 9 heteroatoms. The Balaban J connectivity index is 1.62. The number of carboxylic acids is 1. The van der Waals surface area contributed by atoms with Gasteiger partial charge in [0.2, 0.25) is 0 Å². The maximum Gasteiger partial charge on any atom is 0.335 e. The van der Waals surface area contributed by atoms with Gasteiger partial charge in [-0.1, -0.05) is 0 Å². The Bertz CT molecular complexity index is 1020. The van der Waals surface area contributed by atoms with E-state index in [0.717, 1.165) is 44.0 Å². The number of nitrogens with zero attached hydrogens (tertiary/aromatic N) is 2. The second-order valence-electron chi connectivity index (χ2n) is 7.42. The first kappa shape index (κ1) is 22.6. The maximum atomic E-state index is 11.4. The number of carboxylic acid groups (broad SMARTS) is 1. The van der Waals surface area contributed by atoms with Crippen molar-refractivity contribution in [3.8, 4) is 11.8 Å². The van der Waals surface area contributed by atoms with Crippen LogP contribution in [-0.2, 0) is 11.1 Å². The van der Waals surface area contributed by atoms with Crippen molar-refractivity contribution in [2.75, 3.05) is 23.8 Å². The van der Waals surface area contributed by atoms with Gasteiger partial charge >= 0.3 is 5.97 Å². The molecule has 164 valence electrons. The third-order valence-corrected chi connectivity index (χ3v) is 6.08. The Kier molecular flexibility index (Phi) is 7.50. The first-order valence-corrected chi connectivity index (χ1v) is 11.1.